The van der Waals surface area contributed by atoms with E-state index in [1.54, 1.807) is 0 Å². The minimum atomic E-state index is 0.570. The van der Waals surface area contributed by atoms with Gasteiger partial charge in [-0.25, -0.2) is 0 Å². The summed E-state index contributed by atoms with van der Waals surface area (Å²) in [6, 6.07) is 0. The molecule has 0 amide bonds. The normalized spacial score (nSPS) is 12.0. The Morgan fingerprint density at radius 2 is 0.667 bits per heavy atom. The zero-order valence-corrected chi connectivity index (χ0v) is 19.8. The summed E-state index contributed by atoms with van der Waals surface area (Å²) in [5, 5.41) is 0. The summed E-state index contributed by atoms with van der Waals surface area (Å²) >= 11 is 0. The van der Waals surface area contributed by atoms with Gasteiger partial charge in [0.05, 0.1) is 0 Å². The lowest BCUT2D eigenvalue weighted by atomic mass is 9.72. The van der Waals surface area contributed by atoms with Gasteiger partial charge in [0, 0.05) is 0 Å². The third-order valence-electron chi connectivity index (χ3n) is 6.71. The molecule has 0 aliphatic rings. The van der Waals surface area contributed by atoms with Crippen LogP contribution in [0.5, 0.6) is 0 Å². The molecule has 27 heavy (non-hydrogen) atoms. The fourth-order valence-electron chi connectivity index (χ4n) is 4.59. The van der Waals surface area contributed by atoms with E-state index in [9.17, 15) is 0 Å². The van der Waals surface area contributed by atoms with Gasteiger partial charge in [0.15, 0.2) is 0 Å². The van der Waals surface area contributed by atoms with Gasteiger partial charge in [0.1, 0.15) is 0 Å². The van der Waals surface area contributed by atoms with Crippen LogP contribution in [-0.2, 0) is 0 Å². The molecule has 0 aliphatic carbocycles. The zero-order chi connectivity index (χ0) is 20.1. The molecule has 0 heterocycles. The van der Waals surface area contributed by atoms with Gasteiger partial charge in [-0.05, 0) is 31.1 Å². The first-order valence-electron chi connectivity index (χ1n) is 13.0. The van der Waals surface area contributed by atoms with Crippen LogP contribution < -0.4 is 0 Å². The largest absolute Gasteiger partial charge is 0.0654 e. The fraction of sp³-hybridized carbons (Fsp3) is 0.963. The predicted octanol–water partition coefficient (Wildman–Crippen LogP) is 10.4. The van der Waals surface area contributed by atoms with Crippen LogP contribution in [0.4, 0.5) is 0 Å². The third kappa shape index (κ3) is 16.6. The summed E-state index contributed by atoms with van der Waals surface area (Å²) < 4.78 is 0. The van der Waals surface area contributed by atoms with Gasteiger partial charge < -0.3 is 0 Å². The van der Waals surface area contributed by atoms with Crippen molar-refractivity contribution in [3.05, 3.63) is 6.92 Å². The second kappa shape index (κ2) is 20.7. The van der Waals surface area contributed by atoms with Gasteiger partial charge in [-0.3, -0.25) is 0 Å². The molecule has 163 valence electrons. The number of hydrogen-bond donors (Lipinski definition) is 0. The van der Waals surface area contributed by atoms with Crippen molar-refractivity contribution in [1.82, 2.24) is 0 Å². The van der Waals surface area contributed by atoms with E-state index < -0.39 is 0 Å². The van der Waals surface area contributed by atoms with Crippen molar-refractivity contribution >= 4 is 0 Å². The molecule has 0 aromatic heterocycles. The molecule has 0 N–H and O–H groups in total. The highest BCUT2D eigenvalue weighted by atomic mass is 14.3. The molecule has 0 heteroatoms. The molecule has 0 aromatic rings. The highest BCUT2D eigenvalue weighted by Crippen LogP contribution is 2.40. The van der Waals surface area contributed by atoms with E-state index in [0.29, 0.717) is 5.41 Å². The van der Waals surface area contributed by atoms with Gasteiger partial charge in [-0.15, -0.1) is 0 Å². The first kappa shape index (κ1) is 27.0. The lowest BCUT2D eigenvalue weighted by Gasteiger charge is -2.34. The van der Waals surface area contributed by atoms with Crippen molar-refractivity contribution in [3.63, 3.8) is 0 Å². The Bertz CT molecular complexity index is 226. The Labute approximate surface area is 174 Å². The first-order valence-corrected chi connectivity index (χ1v) is 13.0. The second-order valence-corrected chi connectivity index (χ2v) is 9.30. The van der Waals surface area contributed by atoms with E-state index >= 15 is 0 Å². The van der Waals surface area contributed by atoms with E-state index in [-0.39, 0.29) is 0 Å². The number of rotatable bonds is 22. The van der Waals surface area contributed by atoms with Gasteiger partial charge in [0.2, 0.25) is 0 Å². The monoisotopic (exact) mass is 379 g/mol. The Morgan fingerprint density at radius 3 is 0.926 bits per heavy atom. The molecule has 0 fully saturated rings. The Kier molecular flexibility index (Phi) is 20.7. The van der Waals surface area contributed by atoms with Gasteiger partial charge in [-0.1, -0.05) is 143 Å². The highest BCUT2D eigenvalue weighted by molar-refractivity contribution is 4.81. The molecule has 1 radical (unpaired) electrons. The van der Waals surface area contributed by atoms with E-state index in [1.807, 2.05) is 0 Å². The van der Waals surface area contributed by atoms with Crippen molar-refractivity contribution in [2.45, 2.75) is 162 Å². The van der Waals surface area contributed by atoms with Crippen LogP contribution in [-0.4, -0.2) is 0 Å². The summed E-state index contributed by atoms with van der Waals surface area (Å²) in [5.74, 6) is 0. The van der Waals surface area contributed by atoms with Crippen LogP contribution in [0, 0.1) is 12.3 Å². The molecule has 0 nitrogen and oxygen atoms in total. The molecular formula is C27H55. The summed E-state index contributed by atoms with van der Waals surface area (Å²) in [6.45, 7) is 11.4. The molecule has 0 unspecified atom stereocenters. The fourth-order valence-corrected chi connectivity index (χ4v) is 4.59. The topological polar surface area (TPSA) is 0 Å². The zero-order valence-electron chi connectivity index (χ0n) is 19.8. The highest BCUT2D eigenvalue weighted by Gasteiger charge is 2.26. The number of hydrogen-bond acceptors (Lipinski definition) is 0. The smallest absolute Gasteiger partial charge is 0.0297 e. The van der Waals surface area contributed by atoms with Crippen molar-refractivity contribution in [2.24, 2.45) is 5.41 Å². The minimum absolute atomic E-state index is 0.570. The van der Waals surface area contributed by atoms with Crippen molar-refractivity contribution in [1.29, 1.82) is 0 Å². The lowest BCUT2D eigenvalue weighted by molar-refractivity contribution is 0.196. The molecule has 0 bridgehead atoms. The van der Waals surface area contributed by atoms with Crippen LogP contribution in [0.3, 0.4) is 0 Å². The standard InChI is InChI=1S/C27H55/c1-5-9-12-15-18-21-24-27(8-4,25-22-19-16-13-10-6-2)26-23-20-17-14-11-7-3/h4-26H2,1-3H3. The molecule has 0 spiro atoms. The predicted molar refractivity (Wildman–Crippen MR) is 126 cm³/mol. The maximum absolute atomic E-state index is 4.44. The van der Waals surface area contributed by atoms with Gasteiger partial charge in [0.25, 0.3) is 0 Å². The molecule has 0 aliphatic heterocycles. The maximum atomic E-state index is 4.44. The second-order valence-electron chi connectivity index (χ2n) is 9.30. The molecule has 0 aromatic carbocycles. The Hall–Kier alpha value is 0. The molecule has 0 atom stereocenters. The van der Waals surface area contributed by atoms with Crippen LogP contribution in [0.25, 0.3) is 0 Å². The average molecular weight is 380 g/mol. The quantitative estimate of drug-likeness (QED) is 0.164. The van der Waals surface area contributed by atoms with E-state index in [1.165, 1.54) is 141 Å². The first-order chi connectivity index (χ1) is 13.2. The molecule has 0 saturated carbocycles. The molecule has 0 rings (SSSR count). The van der Waals surface area contributed by atoms with Crippen molar-refractivity contribution in [2.75, 3.05) is 0 Å². The third-order valence-corrected chi connectivity index (χ3v) is 6.71. The maximum Gasteiger partial charge on any atom is -0.0297 e. The average Bonchev–Trinajstić information content (AvgIpc) is 2.69. The number of unbranched alkanes of at least 4 members (excludes halogenated alkanes) is 15. The van der Waals surface area contributed by atoms with Crippen LogP contribution in [0.15, 0.2) is 0 Å². The SMILES string of the molecule is [CH2]CC(CCCCCCCC)(CCCCCCCC)CCCCCCCC. The summed E-state index contributed by atoms with van der Waals surface area (Å²) in [7, 11) is 0. The van der Waals surface area contributed by atoms with E-state index in [2.05, 4.69) is 27.7 Å². The lowest BCUT2D eigenvalue weighted by Crippen LogP contribution is -2.20. The summed E-state index contributed by atoms with van der Waals surface area (Å²) in [6.07, 6.45) is 31.3. The van der Waals surface area contributed by atoms with Crippen LogP contribution in [0.1, 0.15) is 162 Å². The van der Waals surface area contributed by atoms with E-state index in [0.717, 1.165) is 0 Å². The molecular weight excluding hydrogens is 324 g/mol. The van der Waals surface area contributed by atoms with E-state index in [4.69, 9.17) is 0 Å². The minimum Gasteiger partial charge on any atom is -0.0654 e. The summed E-state index contributed by atoms with van der Waals surface area (Å²) in [5.41, 5.74) is 0.570. The van der Waals surface area contributed by atoms with Crippen LogP contribution in [0.2, 0.25) is 0 Å². The van der Waals surface area contributed by atoms with Crippen LogP contribution >= 0.6 is 0 Å². The Morgan fingerprint density at radius 1 is 0.407 bits per heavy atom. The van der Waals surface area contributed by atoms with Crippen molar-refractivity contribution < 1.29 is 0 Å². The Balaban J connectivity index is 4.23. The van der Waals surface area contributed by atoms with Crippen molar-refractivity contribution in [3.8, 4) is 0 Å². The van der Waals surface area contributed by atoms with Gasteiger partial charge >= 0.3 is 0 Å². The summed E-state index contributed by atoms with van der Waals surface area (Å²) in [4.78, 5) is 0. The van der Waals surface area contributed by atoms with Gasteiger partial charge in [-0.2, -0.15) is 0 Å². The molecule has 0 saturated heterocycles.